The van der Waals surface area contributed by atoms with Gasteiger partial charge in [-0.25, -0.2) is 0 Å². The summed E-state index contributed by atoms with van der Waals surface area (Å²) in [5.41, 5.74) is 8.19. The molecule has 2 aliphatic heterocycles. The fourth-order valence-electron chi connectivity index (χ4n) is 5.09. The van der Waals surface area contributed by atoms with Gasteiger partial charge in [0.1, 0.15) is 0 Å². The van der Waals surface area contributed by atoms with Crippen LogP contribution in [0, 0.1) is 0 Å². The van der Waals surface area contributed by atoms with Crippen molar-refractivity contribution >= 4 is 45.8 Å². The van der Waals surface area contributed by atoms with Crippen molar-refractivity contribution in [1.82, 2.24) is 4.90 Å². The summed E-state index contributed by atoms with van der Waals surface area (Å²) in [5.74, 6) is -1.50. The summed E-state index contributed by atoms with van der Waals surface area (Å²) in [6.07, 6.45) is 3.74. The molecular formula is C28H28N4O4. The molecule has 8 nitrogen and oxygen atoms in total. The summed E-state index contributed by atoms with van der Waals surface area (Å²) in [7, 11) is 0. The maximum absolute atomic E-state index is 13.1. The molecule has 0 bridgehead atoms. The quantitative estimate of drug-likeness (QED) is 0.493. The van der Waals surface area contributed by atoms with Crippen LogP contribution >= 0.6 is 0 Å². The smallest absolute Gasteiger partial charge is 0.261 e. The lowest BCUT2D eigenvalue weighted by Crippen LogP contribution is -2.41. The SMILES string of the molecule is NC(=O)c1ccc(N2CCCCC2)c(NC(=O)CCCN2C(=O)c3cccc4cccc(c34)C2=O)c1. The summed E-state index contributed by atoms with van der Waals surface area (Å²) in [6, 6.07) is 15.9. The van der Waals surface area contributed by atoms with Gasteiger partial charge in [-0.1, -0.05) is 24.3 Å². The van der Waals surface area contributed by atoms with E-state index < -0.39 is 5.91 Å². The number of carbonyl (C=O) groups is 4. The summed E-state index contributed by atoms with van der Waals surface area (Å²) in [6.45, 7) is 1.90. The lowest BCUT2D eigenvalue weighted by Gasteiger charge is -2.31. The molecule has 36 heavy (non-hydrogen) atoms. The minimum atomic E-state index is -0.562. The Morgan fingerprint density at radius 3 is 2.19 bits per heavy atom. The van der Waals surface area contributed by atoms with Crippen LogP contribution in [0.4, 0.5) is 11.4 Å². The van der Waals surface area contributed by atoms with Crippen molar-refractivity contribution in [3.05, 3.63) is 71.3 Å². The number of primary amides is 1. The minimum absolute atomic E-state index is 0.114. The number of benzene rings is 3. The number of imide groups is 1. The van der Waals surface area contributed by atoms with E-state index in [-0.39, 0.29) is 30.7 Å². The summed E-state index contributed by atoms with van der Waals surface area (Å²) in [5, 5.41) is 4.46. The predicted octanol–water partition coefficient (Wildman–Crippen LogP) is 3.94. The molecule has 5 rings (SSSR count). The molecule has 0 saturated carbocycles. The Bertz CT molecular complexity index is 1330. The third kappa shape index (κ3) is 4.42. The van der Waals surface area contributed by atoms with Gasteiger partial charge in [0.25, 0.3) is 11.8 Å². The van der Waals surface area contributed by atoms with Crippen LogP contribution < -0.4 is 16.0 Å². The van der Waals surface area contributed by atoms with Gasteiger partial charge >= 0.3 is 0 Å². The van der Waals surface area contributed by atoms with Crippen molar-refractivity contribution < 1.29 is 19.2 Å². The van der Waals surface area contributed by atoms with Gasteiger partial charge in [0.15, 0.2) is 0 Å². The highest BCUT2D eigenvalue weighted by Gasteiger charge is 2.32. The van der Waals surface area contributed by atoms with E-state index in [4.69, 9.17) is 5.73 Å². The highest BCUT2D eigenvalue weighted by Crippen LogP contribution is 2.31. The zero-order chi connectivity index (χ0) is 25.2. The van der Waals surface area contributed by atoms with Crippen molar-refractivity contribution in [1.29, 1.82) is 0 Å². The third-order valence-electron chi connectivity index (χ3n) is 6.89. The number of carbonyl (C=O) groups excluding carboxylic acids is 4. The molecule has 0 radical (unpaired) electrons. The van der Waals surface area contributed by atoms with E-state index in [1.54, 1.807) is 36.4 Å². The third-order valence-corrected chi connectivity index (χ3v) is 6.89. The number of nitrogens with two attached hydrogens (primary N) is 1. The van der Waals surface area contributed by atoms with Gasteiger partial charge in [0.2, 0.25) is 11.8 Å². The fourth-order valence-corrected chi connectivity index (χ4v) is 5.09. The largest absolute Gasteiger partial charge is 0.370 e. The minimum Gasteiger partial charge on any atom is -0.370 e. The zero-order valence-electron chi connectivity index (χ0n) is 20.0. The molecule has 8 heteroatoms. The second-order valence-electron chi connectivity index (χ2n) is 9.27. The molecular weight excluding hydrogens is 456 g/mol. The Balaban J connectivity index is 1.27. The number of nitrogens with one attached hydrogen (secondary N) is 1. The van der Waals surface area contributed by atoms with Crippen molar-refractivity contribution in [2.24, 2.45) is 5.73 Å². The Hall–Kier alpha value is -4.20. The number of amides is 4. The summed E-state index contributed by atoms with van der Waals surface area (Å²) >= 11 is 0. The van der Waals surface area contributed by atoms with E-state index in [0.29, 0.717) is 34.2 Å². The molecule has 3 N–H and O–H groups in total. The average molecular weight is 485 g/mol. The van der Waals surface area contributed by atoms with Crippen LogP contribution in [0.5, 0.6) is 0 Å². The van der Waals surface area contributed by atoms with Crippen LogP contribution in [-0.2, 0) is 4.79 Å². The zero-order valence-corrected chi connectivity index (χ0v) is 20.0. The number of hydrogen-bond donors (Lipinski definition) is 2. The van der Waals surface area contributed by atoms with E-state index in [2.05, 4.69) is 10.2 Å². The first kappa shape index (κ1) is 23.5. The highest BCUT2D eigenvalue weighted by atomic mass is 16.2. The molecule has 0 aromatic heterocycles. The predicted molar refractivity (Wildman–Crippen MR) is 138 cm³/mol. The van der Waals surface area contributed by atoms with E-state index in [9.17, 15) is 19.2 Å². The standard InChI is InChI=1S/C28H28N4O4/c29-26(34)19-12-13-23(31-14-2-1-3-15-31)22(17-19)30-24(33)11-6-16-32-27(35)20-9-4-7-18-8-5-10-21(25(18)20)28(32)36/h4-5,7-10,12-13,17H,1-3,6,11,14-16H2,(H2,29,34)(H,30,33). The van der Waals surface area contributed by atoms with E-state index in [0.717, 1.165) is 37.0 Å². The molecule has 0 atom stereocenters. The molecule has 184 valence electrons. The van der Waals surface area contributed by atoms with Crippen molar-refractivity contribution in [3.63, 3.8) is 0 Å². The van der Waals surface area contributed by atoms with Gasteiger partial charge < -0.3 is 16.0 Å². The molecule has 1 fully saturated rings. The number of nitrogens with zero attached hydrogens (tertiary/aromatic N) is 2. The number of rotatable bonds is 7. The normalized spacial score (nSPS) is 15.3. The fraction of sp³-hybridized carbons (Fsp3) is 0.286. The molecule has 2 heterocycles. The molecule has 4 amide bonds. The maximum atomic E-state index is 13.1. The van der Waals surface area contributed by atoms with Crippen LogP contribution in [0.1, 0.15) is 63.2 Å². The van der Waals surface area contributed by atoms with Crippen molar-refractivity contribution in [3.8, 4) is 0 Å². The first-order valence-electron chi connectivity index (χ1n) is 12.3. The van der Waals surface area contributed by atoms with Crippen molar-refractivity contribution in [2.45, 2.75) is 32.1 Å². The van der Waals surface area contributed by atoms with Crippen molar-refractivity contribution in [2.75, 3.05) is 29.9 Å². The Morgan fingerprint density at radius 1 is 0.889 bits per heavy atom. The van der Waals surface area contributed by atoms with E-state index >= 15 is 0 Å². The maximum Gasteiger partial charge on any atom is 0.261 e. The summed E-state index contributed by atoms with van der Waals surface area (Å²) in [4.78, 5) is 54.1. The monoisotopic (exact) mass is 484 g/mol. The molecule has 2 aliphatic rings. The van der Waals surface area contributed by atoms with Gasteiger partial charge in [0, 0.05) is 48.1 Å². The van der Waals surface area contributed by atoms with Crippen LogP contribution in [0.25, 0.3) is 10.8 Å². The Morgan fingerprint density at radius 2 is 1.56 bits per heavy atom. The van der Waals surface area contributed by atoms with Gasteiger partial charge in [0.05, 0.1) is 11.4 Å². The molecule has 3 aromatic carbocycles. The molecule has 3 aromatic rings. The molecule has 1 saturated heterocycles. The highest BCUT2D eigenvalue weighted by molar-refractivity contribution is 6.25. The molecule has 0 aliphatic carbocycles. The van der Waals surface area contributed by atoms with Gasteiger partial charge in [-0.3, -0.25) is 24.1 Å². The van der Waals surface area contributed by atoms with Gasteiger partial charge in [-0.15, -0.1) is 0 Å². The van der Waals surface area contributed by atoms with E-state index in [1.165, 1.54) is 11.3 Å². The first-order valence-corrected chi connectivity index (χ1v) is 12.3. The number of piperidine rings is 1. The van der Waals surface area contributed by atoms with E-state index in [1.807, 2.05) is 18.2 Å². The lowest BCUT2D eigenvalue weighted by molar-refractivity contribution is -0.116. The van der Waals surface area contributed by atoms with Crippen LogP contribution in [0.3, 0.4) is 0 Å². The summed E-state index contributed by atoms with van der Waals surface area (Å²) < 4.78 is 0. The average Bonchev–Trinajstić information content (AvgIpc) is 2.89. The second kappa shape index (κ2) is 9.81. The molecule has 0 unspecified atom stereocenters. The number of hydrogen-bond acceptors (Lipinski definition) is 5. The number of anilines is 2. The Kier molecular flexibility index (Phi) is 6.41. The Labute approximate surface area is 209 Å². The topological polar surface area (TPSA) is 113 Å². The molecule has 0 spiro atoms. The lowest BCUT2D eigenvalue weighted by atomic mass is 9.94. The van der Waals surface area contributed by atoms with Gasteiger partial charge in [-0.2, -0.15) is 0 Å². The van der Waals surface area contributed by atoms with Crippen LogP contribution in [-0.4, -0.2) is 48.2 Å². The van der Waals surface area contributed by atoms with Crippen LogP contribution in [0.15, 0.2) is 54.6 Å². The van der Waals surface area contributed by atoms with Gasteiger partial charge in [-0.05, 0) is 61.4 Å². The van der Waals surface area contributed by atoms with Crippen LogP contribution in [0.2, 0.25) is 0 Å². The second-order valence-corrected chi connectivity index (χ2v) is 9.27. The first-order chi connectivity index (χ1) is 17.4.